The molecular weight excluding hydrogens is 328 g/mol. The maximum absolute atomic E-state index is 12.5. The van der Waals surface area contributed by atoms with Crippen molar-refractivity contribution in [3.63, 3.8) is 0 Å². The van der Waals surface area contributed by atoms with Crippen molar-refractivity contribution in [1.82, 2.24) is 4.98 Å². The summed E-state index contributed by atoms with van der Waals surface area (Å²) in [6.07, 6.45) is -0.151. The number of aromatic nitrogens is 1. The van der Waals surface area contributed by atoms with Gasteiger partial charge in [0.05, 0.1) is 16.4 Å². The molecule has 1 N–H and O–H groups in total. The van der Waals surface area contributed by atoms with Gasteiger partial charge in [0.2, 0.25) is 0 Å². The average molecular weight is 346 g/mol. The highest BCUT2D eigenvalue weighted by Crippen LogP contribution is 2.37. The normalized spacial score (nSPS) is 16.7. The summed E-state index contributed by atoms with van der Waals surface area (Å²) in [4.78, 5) is 29.3. The fraction of sp³-hybridized carbons (Fsp3) is 0.353. The zero-order valence-electron chi connectivity index (χ0n) is 13.5. The number of benzene rings is 1. The van der Waals surface area contributed by atoms with E-state index in [2.05, 4.69) is 4.98 Å². The molecule has 0 radical (unpaired) electrons. The first kappa shape index (κ1) is 16.4. The van der Waals surface area contributed by atoms with Crippen molar-refractivity contribution in [3.8, 4) is 17.0 Å². The highest BCUT2D eigenvalue weighted by molar-refractivity contribution is 7.09. The van der Waals surface area contributed by atoms with E-state index in [1.54, 1.807) is 23.2 Å². The number of aliphatic carboxylic acids is 1. The predicted octanol–water partition coefficient (Wildman–Crippen LogP) is 3.10. The molecule has 24 heavy (non-hydrogen) atoms. The lowest BCUT2D eigenvalue weighted by molar-refractivity contribution is -0.137. The van der Waals surface area contributed by atoms with Crippen LogP contribution >= 0.6 is 11.3 Å². The number of hydrogen-bond acceptors (Lipinski definition) is 5. The van der Waals surface area contributed by atoms with Gasteiger partial charge in [0.25, 0.3) is 5.91 Å². The summed E-state index contributed by atoms with van der Waals surface area (Å²) in [6.45, 7) is 4.00. The molecule has 1 amide bonds. The largest absolute Gasteiger partial charge is 0.481 e. The molecule has 0 spiro atoms. The number of carboxylic acids is 1. The van der Waals surface area contributed by atoms with Crippen LogP contribution in [0.5, 0.6) is 5.75 Å². The van der Waals surface area contributed by atoms with Crippen LogP contribution in [-0.2, 0) is 9.59 Å². The number of ether oxygens (including phenoxy) is 1. The van der Waals surface area contributed by atoms with E-state index in [9.17, 15) is 9.59 Å². The number of hydrogen-bond donors (Lipinski definition) is 1. The summed E-state index contributed by atoms with van der Waals surface area (Å²) in [5.41, 5.74) is 2.44. The van der Waals surface area contributed by atoms with Gasteiger partial charge in [-0.2, -0.15) is 0 Å². The first-order valence-electron chi connectivity index (χ1n) is 7.72. The summed E-state index contributed by atoms with van der Waals surface area (Å²) in [5, 5.41) is 11.8. The third kappa shape index (κ3) is 3.26. The van der Waals surface area contributed by atoms with Gasteiger partial charge in [-0.15, -0.1) is 11.3 Å². The van der Waals surface area contributed by atoms with E-state index in [1.807, 2.05) is 30.5 Å². The van der Waals surface area contributed by atoms with Crippen molar-refractivity contribution in [3.05, 3.63) is 28.6 Å². The van der Waals surface area contributed by atoms with Gasteiger partial charge in [0.1, 0.15) is 5.75 Å². The molecular formula is C17H18N2O4S. The van der Waals surface area contributed by atoms with Gasteiger partial charge >= 0.3 is 5.97 Å². The zero-order valence-corrected chi connectivity index (χ0v) is 14.3. The molecule has 0 aliphatic carbocycles. The van der Waals surface area contributed by atoms with Crippen LogP contribution in [0, 0.1) is 6.92 Å². The number of aryl methyl sites for hydroxylation is 1. The molecule has 1 atom stereocenters. The second-order valence-electron chi connectivity index (χ2n) is 5.68. The third-order valence-electron chi connectivity index (χ3n) is 3.85. The van der Waals surface area contributed by atoms with Crippen molar-refractivity contribution >= 4 is 28.9 Å². The van der Waals surface area contributed by atoms with Crippen LogP contribution in [-0.4, -0.2) is 34.6 Å². The van der Waals surface area contributed by atoms with E-state index in [0.29, 0.717) is 24.4 Å². The van der Waals surface area contributed by atoms with Crippen LogP contribution in [0.3, 0.4) is 0 Å². The van der Waals surface area contributed by atoms with Gasteiger partial charge < -0.3 is 14.7 Å². The van der Waals surface area contributed by atoms with Crippen LogP contribution in [0.1, 0.15) is 24.8 Å². The van der Waals surface area contributed by atoms with Gasteiger partial charge in [0.15, 0.2) is 6.10 Å². The highest BCUT2D eigenvalue weighted by atomic mass is 32.1. The quantitative estimate of drug-likeness (QED) is 0.900. The second kappa shape index (κ2) is 6.60. The minimum atomic E-state index is -0.865. The molecule has 6 nitrogen and oxygen atoms in total. The fourth-order valence-electron chi connectivity index (χ4n) is 2.68. The number of amides is 1. The first-order chi connectivity index (χ1) is 11.5. The Bertz CT molecular complexity index is 787. The number of fused-ring (bicyclic) bond motifs is 1. The minimum Gasteiger partial charge on any atom is -0.481 e. The Morgan fingerprint density at radius 1 is 1.46 bits per heavy atom. The molecule has 0 saturated heterocycles. The molecule has 1 aliphatic rings. The molecule has 1 unspecified atom stereocenters. The Hall–Kier alpha value is -2.41. The van der Waals surface area contributed by atoms with E-state index >= 15 is 0 Å². The SMILES string of the molecule is Cc1nc(-c2ccc3c(c2)N(CCCC(=O)O)C(=O)C(C)O3)cs1. The monoisotopic (exact) mass is 346 g/mol. The Morgan fingerprint density at radius 2 is 2.25 bits per heavy atom. The number of carboxylic acid groups (broad SMARTS) is 1. The molecule has 1 aromatic carbocycles. The molecule has 0 fully saturated rings. The van der Waals surface area contributed by atoms with Crippen molar-refractivity contribution in [2.24, 2.45) is 0 Å². The van der Waals surface area contributed by atoms with Crippen LogP contribution in [0.2, 0.25) is 0 Å². The fourth-order valence-corrected chi connectivity index (χ4v) is 3.30. The van der Waals surface area contributed by atoms with E-state index in [0.717, 1.165) is 16.3 Å². The average Bonchev–Trinajstić information content (AvgIpc) is 2.97. The summed E-state index contributed by atoms with van der Waals surface area (Å²) in [7, 11) is 0. The molecule has 3 rings (SSSR count). The number of anilines is 1. The maximum Gasteiger partial charge on any atom is 0.303 e. The van der Waals surface area contributed by atoms with Crippen molar-refractivity contribution in [2.45, 2.75) is 32.8 Å². The zero-order chi connectivity index (χ0) is 17.3. The van der Waals surface area contributed by atoms with Gasteiger partial charge in [-0.1, -0.05) is 0 Å². The molecule has 2 heterocycles. The molecule has 1 aliphatic heterocycles. The number of rotatable bonds is 5. The molecule has 126 valence electrons. The topological polar surface area (TPSA) is 79.7 Å². The Morgan fingerprint density at radius 3 is 2.92 bits per heavy atom. The molecule has 7 heteroatoms. The van der Waals surface area contributed by atoms with Crippen LogP contribution in [0.15, 0.2) is 23.6 Å². The van der Waals surface area contributed by atoms with E-state index < -0.39 is 12.1 Å². The number of carbonyl (C=O) groups excluding carboxylic acids is 1. The van der Waals surface area contributed by atoms with Crippen molar-refractivity contribution in [2.75, 3.05) is 11.4 Å². The van der Waals surface area contributed by atoms with Crippen molar-refractivity contribution < 1.29 is 19.4 Å². The predicted molar refractivity (Wildman–Crippen MR) is 91.6 cm³/mol. The Balaban J connectivity index is 1.93. The number of thiazole rings is 1. The van der Waals surface area contributed by atoms with Crippen LogP contribution in [0.25, 0.3) is 11.3 Å². The van der Waals surface area contributed by atoms with E-state index in [-0.39, 0.29) is 12.3 Å². The lowest BCUT2D eigenvalue weighted by atomic mass is 10.1. The molecule has 1 aromatic heterocycles. The van der Waals surface area contributed by atoms with Gasteiger partial charge in [-0.3, -0.25) is 9.59 Å². The standard InChI is InChI=1S/C17H18N2O4S/c1-10-17(22)19(7-3-4-16(20)21)14-8-12(5-6-15(14)23-10)13-9-24-11(2)18-13/h5-6,8-10H,3-4,7H2,1-2H3,(H,20,21). The molecule has 0 saturated carbocycles. The van der Waals surface area contributed by atoms with Gasteiger partial charge in [-0.25, -0.2) is 4.98 Å². The first-order valence-corrected chi connectivity index (χ1v) is 8.60. The Kier molecular flexibility index (Phi) is 4.53. The van der Waals surface area contributed by atoms with Crippen LogP contribution < -0.4 is 9.64 Å². The lowest BCUT2D eigenvalue weighted by Gasteiger charge is -2.33. The van der Waals surface area contributed by atoms with E-state index in [4.69, 9.17) is 9.84 Å². The summed E-state index contributed by atoms with van der Waals surface area (Å²) < 4.78 is 5.67. The highest BCUT2D eigenvalue weighted by Gasteiger charge is 2.31. The smallest absolute Gasteiger partial charge is 0.303 e. The lowest BCUT2D eigenvalue weighted by Crippen LogP contribution is -2.45. The summed E-state index contributed by atoms with van der Waals surface area (Å²) in [5.74, 6) is -0.386. The molecule has 0 bridgehead atoms. The third-order valence-corrected chi connectivity index (χ3v) is 4.63. The summed E-state index contributed by atoms with van der Waals surface area (Å²) >= 11 is 1.57. The second-order valence-corrected chi connectivity index (χ2v) is 6.74. The Labute approximate surface area is 143 Å². The maximum atomic E-state index is 12.5. The van der Waals surface area contributed by atoms with Crippen LogP contribution in [0.4, 0.5) is 5.69 Å². The van der Waals surface area contributed by atoms with Crippen molar-refractivity contribution in [1.29, 1.82) is 0 Å². The number of carbonyl (C=O) groups is 2. The number of nitrogens with zero attached hydrogens (tertiary/aromatic N) is 2. The van der Waals surface area contributed by atoms with Gasteiger partial charge in [-0.05, 0) is 38.5 Å². The summed E-state index contributed by atoms with van der Waals surface area (Å²) in [6, 6.07) is 5.64. The van der Waals surface area contributed by atoms with E-state index in [1.165, 1.54) is 0 Å². The minimum absolute atomic E-state index is 0.0271. The van der Waals surface area contributed by atoms with Gasteiger partial charge in [0, 0.05) is 23.9 Å². The molecule has 2 aromatic rings.